The Morgan fingerprint density at radius 2 is 1.62 bits per heavy atom. The summed E-state index contributed by atoms with van der Waals surface area (Å²) < 4.78 is 8.19. The van der Waals surface area contributed by atoms with Gasteiger partial charge in [-0.25, -0.2) is 4.90 Å². The smallest absolute Gasteiger partial charge is 0.271 e. The minimum atomic E-state index is -3.12. The Bertz CT molecular complexity index is 2160. The van der Waals surface area contributed by atoms with E-state index in [4.69, 9.17) is 4.43 Å². The third-order valence-corrected chi connectivity index (χ3v) is 17.1. The van der Waals surface area contributed by atoms with Crippen molar-refractivity contribution in [1.82, 2.24) is 0 Å². The second kappa shape index (κ2) is 18.0. The van der Waals surface area contributed by atoms with E-state index in [-0.39, 0.29) is 41.6 Å². The lowest BCUT2D eigenvalue weighted by atomic mass is 9.68. The van der Waals surface area contributed by atoms with Crippen LogP contribution in [0.25, 0.3) is 6.08 Å². The highest BCUT2D eigenvalue weighted by molar-refractivity contribution is 9.10. The van der Waals surface area contributed by atoms with Gasteiger partial charge in [0.2, 0.25) is 11.8 Å². The molecule has 4 atom stereocenters. The third-order valence-electron chi connectivity index (χ3n) is 11.6. The van der Waals surface area contributed by atoms with E-state index in [1.165, 1.54) is 24.3 Å². The Balaban J connectivity index is 1.44. The zero-order chi connectivity index (χ0) is 41.8. The van der Waals surface area contributed by atoms with E-state index < -0.39 is 55.5 Å². The van der Waals surface area contributed by atoms with Crippen LogP contribution in [0.2, 0.25) is 5.04 Å². The Labute approximate surface area is 349 Å². The number of anilines is 1. The molecule has 3 N–H and O–H groups in total. The van der Waals surface area contributed by atoms with Crippen LogP contribution in [-0.2, 0) is 14.0 Å². The van der Waals surface area contributed by atoms with Crippen LogP contribution in [0, 0.1) is 27.9 Å². The number of allylic oxidation sites excluding steroid dienone is 1. The van der Waals surface area contributed by atoms with E-state index in [9.17, 15) is 35.0 Å². The highest BCUT2D eigenvalue weighted by Crippen LogP contribution is 2.48. The molecule has 4 aromatic rings. The number of hydrogen-bond acceptors (Lipinski definition) is 8. The number of halogens is 1. The normalized spacial score (nSPS) is 19.4. The zero-order valence-corrected chi connectivity index (χ0v) is 35.9. The molecule has 1 aliphatic heterocycles. The molecular formula is C46H51BrN2O8Si. The molecule has 6 rings (SSSR count). The average molecular weight is 868 g/mol. The van der Waals surface area contributed by atoms with Gasteiger partial charge in [-0.3, -0.25) is 19.7 Å². The number of nitrogens with zero attached hydrogens (tertiary/aromatic N) is 2. The maximum atomic E-state index is 14.4. The first kappa shape index (κ1) is 42.9. The van der Waals surface area contributed by atoms with Crippen molar-refractivity contribution in [2.75, 3.05) is 18.1 Å². The Morgan fingerprint density at radius 1 is 0.966 bits per heavy atom. The fraction of sp³-hybridized carbons (Fsp3) is 0.348. The molecule has 1 aliphatic carbocycles. The van der Waals surface area contributed by atoms with Crippen molar-refractivity contribution >= 4 is 63.9 Å². The number of benzene rings is 4. The molecule has 0 spiro atoms. The number of hydrogen-bond donors (Lipinski definition) is 3. The Morgan fingerprint density at radius 3 is 2.21 bits per heavy atom. The van der Waals surface area contributed by atoms with Crippen molar-refractivity contribution in [3.05, 3.63) is 140 Å². The number of amides is 2. The van der Waals surface area contributed by atoms with E-state index >= 15 is 0 Å². The Hall–Kier alpha value is -4.72. The summed E-state index contributed by atoms with van der Waals surface area (Å²) in [5.74, 6) is -3.73. The summed E-state index contributed by atoms with van der Waals surface area (Å²) in [6.07, 6.45) is 3.21. The summed E-state index contributed by atoms with van der Waals surface area (Å²) in [6.45, 7) is 8.09. The molecule has 1 saturated heterocycles. The summed E-state index contributed by atoms with van der Waals surface area (Å²) in [6, 6.07) is 30.9. The van der Waals surface area contributed by atoms with Crippen molar-refractivity contribution in [1.29, 1.82) is 0 Å². The quantitative estimate of drug-likeness (QED) is 0.0357. The number of phenolic OH excluding ortho intramolecular Hbond substituents is 1. The highest BCUT2D eigenvalue weighted by atomic mass is 79.9. The predicted molar refractivity (Wildman–Crippen MR) is 232 cm³/mol. The molecule has 0 bridgehead atoms. The maximum absolute atomic E-state index is 14.4. The molecule has 1 fully saturated rings. The molecule has 2 aliphatic rings. The van der Waals surface area contributed by atoms with Crippen molar-refractivity contribution in [2.45, 2.75) is 70.9 Å². The summed E-state index contributed by atoms with van der Waals surface area (Å²) in [7, 11) is -3.12. The molecule has 0 saturated carbocycles. The standard InChI is InChI=1S/C46H51BrN2O8Si/c1-5-13-30(24-31-25-33(47)21-23-40(31)51)20-22-41(52)42-32(29-57-58(46(2,3)4,36-16-8-6-9-17-36)37-18-10-7-11-19-37)26-38-43(39(42)28-50)45(54)48(44(38)53)34-14-12-15-35(27-34)49(55)56/h6-12,14-19,21,23-25,27,38-39,41,43,50-52H,5,13,20,22,26,28-29H2,1-4H3/b30-24+/t38-,39+,41-,43-/m1/s1. The van der Waals surface area contributed by atoms with Gasteiger partial charge in [-0.15, -0.1) is 0 Å². The van der Waals surface area contributed by atoms with E-state index in [0.29, 0.717) is 23.1 Å². The first-order valence-electron chi connectivity index (χ1n) is 19.8. The number of aliphatic hydroxyl groups excluding tert-OH is 2. The number of fused-ring (bicyclic) bond motifs is 1. The number of aliphatic hydroxyl groups is 2. The van der Waals surface area contributed by atoms with Gasteiger partial charge in [0.05, 0.1) is 41.8 Å². The number of carbonyl (C=O) groups is 2. The number of non-ortho nitro benzene ring substituents is 1. The van der Waals surface area contributed by atoms with Crippen molar-refractivity contribution in [2.24, 2.45) is 17.8 Å². The van der Waals surface area contributed by atoms with Gasteiger partial charge in [0, 0.05) is 28.1 Å². The number of rotatable bonds is 15. The summed E-state index contributed by atoms with van der Waals surface area (Å²) in [5.41, 5.74) is 2.65. The minimum absolute atomic E-state index is 0.0429. The number of carbonyl (C=O) groups excluding carboxylic acids is 2. The van der Waals surface area contributed by atoms with E-state index in [1.54, 1.807) is 12.1 Å². The van der Waals surface area contributed by atoms with Crippen molar-refractivity contribution in [3.8, 4) is 5.75 Å². The van der Waals surface area contributed by atoms with Crippen LogP contribution in [0.3, 0.4) is 0 Å². The topological polar surface area (TPSA) is 150 Å². The summed E-state index contributed by atoms with van der Waals surface area (Å²) in [4.78, 5) is 40.8. The molecule has 0 unspecified atom stereocenters. The van der Waals surface area contributed by atoms with Crippen LogP contribution in [-0.4, -0.2) is 59.7 Å². The van der Waals surface area contributed by atoms with E-state index in [2.05, 4.69) is 67.9 Å². The van der Waals surface area contributed by atoms with Crippen LogP contribution in [0.4, 0.5) is 11.4 Å². The molecule has 4 aromatic carbocycles. The molecule has 1 heterocycles. The predicted octanol–water partition coefficient (Wildman–Crippen LogP) is 8.08. The molecule has 12 heteroatoms. The maximum Gasteiger partial charge on any atom is 0.271 e. The van der Waals surface area contributed by atoms with Crippen LogP contribution in [0.5, 0.6) is 5.75 Å². The molecule has 2 amide bonds. The van der Waals surface area contributed by atoms with Crippen LogP contribution < -0.4 is 15.3 Å². The Kier molecular flexibility index (Phi) is 13.3. The largest absolute Gasteiger partial charge is 0.507 e. The zero-order valence-electron chi connectivity index (χ0n) is 33.3. The van der Waals surface area contributed by atoms with Gasteiger partial charge < -0.3 is 19.7 Å². The second-order valence-electron chi connectivity index (χ2n) is 16.2. The third kappa shape index (κ3) is 8.53. The number of aromatic hydroxyl groups is 1. The number of imide groups is 1. The van der Waals surface area contributed by atoms with Gasteiger partial charge in [-0.05, 0) is 76.5 Å². The first-order chi connectivity index (χ1) is 27.7. The average Bonchev–Trinajstić information content (AvgIpc) is 3.46. The molecule has 58 heavy (non-hydrogen) atoms. The van der Waals surface area contributed by atoms with Gasteiger partial charge in [0.25, 0.3) is 14.0 Å². The minimum Gasteiger partial charge on any atom is -0.507 e. The number of phenols is 1. The van der Waals surface area contributed by atoms with Crippen LogP contribution >= 0.6 is 15.9 Å². The van der Waals surface area contributed by atoms with E-state index in [1.807, 2.05) is 48.5 Å². The van der Waals surface area contributed by atoms with Gasteiger partial charge in [-0.2, -0.15) is 0 Å². The molecular weight excluding hydrogens is 817 g/mol. The lowest BCUT2D eigenvalue weighted by Gasteiger charge is -2.44. The summed E-state index contributed by atoms with van der Waals surface area (Å²) in [5, 5.41) is 47.5. The van der Waals surface area contributed by atoms with Crippen molar-refractivity contribution < 1.29 is 34.3 Å². The van der Waals surface area contributed by atoms with E-state index in [0.717, 1.165) is 38.2 Å². The number of nitro groups is 1. The van der Waals surface area contributed by atoms with Gasteiger partial charge >= 0.3 is 0 Å². The van der Waals surface area contributed by atoms with Gasteiger partial charge in [0.1, 0.15) is 5.75 Å². The molecule has 304 valence electrons. The lowest BCUT2D eigenvalue weighted by molar-refractivity contribution is -0.384. The molecule has 10 nitrogen and oxygen atoms in total. The fourth-order valence-corrected chi connectivity index (χ4v) is 13.9. The monoisotopic (exact) mass is 866 g/mol. The molecule has 0 radical (unpaired) electrons. The summed E-state index contributed by atoms with van der Waals surface area (Å²) >= 11 is 3.49. The lowest BCUT2D eigenvalue weighted by Crippen LogP contribution is -2.66. The second-order valence-corrected chi connectivity index (χ2v) is 21.5. The van der Waals surface area contributed by atoms with Gasteiger partial charge in [-0.1, -0.05) is 128 Å². The SMILES string of the molecule is CCC/C(=C\c1cc(Br)ccc1O)CC[C@@H](O)C1=C(CO[Si](c2ccccc2)(c2ccccc2)C(C)(C)C)C[C@H]2C(=O)N(c3cccc([N+](=O)[O-])c3)C(=O)[C@H]2[C@H]1CO. The van der Waals surface area contributed by atoms with Crippen LogP contribution in [0.1, 0.15) is 65.4 Å². The van der Waals surface area contributed by atoms with Crippen LogP contribution in [0.15, 0.2) is 124 Å². The number of nitro benzene ring substituents is 1. The first-order valence-corrected chi connectivity index (χ1v) is 22.5. The fourth-order valence-electron chi connectivity index (χ4n) is 8.98. The van der Waals surface area contributed by atoms with Gasteiger partial charge in [0.15, 0.2) is 0 Å². The van der Waals surface area contributed by atoms with Crippen molar-refractivity contribution in [3.63, 3.8) is 0 Å². The molecule has 0 aromatic heterocycles. The highest BCUT2D eigenvalue weighted by Gasteiger charge is 2.56.